The minimum absolute atomic E-state index is 0.000758. The second kappa shape index (κ2) is 5.45. The summed E-state index contributed by atoms with van der Waals surface area (Å²) in [4.78, 5) is 32.5. The third-order valence-corrected chi connectivity index (χ3v) is 5.07. The molecule has 0 fully saturated rings. The van der Waals surface area contributed by atoms with Gasteiger partial charge in [-0.15, -0.1) is 11.3 Å². The molecule has 122 valence electrons. The van der Waals surface area contributed by atoms with E-state index in [1.807, 2.05) is 19.9 Å². The van der Waals surface area contributed by atoms with Crippen molar-refractivity contribution >= 4 is 39.1 Å². The number of pyridine rings is 1. The Kier molecular flexibility index (Phi) is 3.38. The lowest BCUT2D eigenvalue weighted by Crippen LogP contribution is -2.34. The maximum absolute atomic E-state index is 12.9. The number of thiophene rings is 1. The van der Waals surface area contributed by atoms with E-state index >= 15 is 0 Å². The Morgan fingerprint density at radius 2 is 2.21 bits per heavy atom. The number of carbonyl (C=O) groups is 2. The minimum atomic E-state index is -0.215. The summed E-state index contributed by atoms with van der Waals surface area (Å²) in [6, 6.07) is 5.51. The molecule has 0 saturated heterocycles. The molecule has 1 N–H and O–H groups in total. The average molecular weight is 341 g/mol. The SMILES string of the molecule is Cc1cc(C)c2c3c(sc2n1)C(=O)N(Cc1ccco1)CC(=O)N3. The smallest absolute Gasteiger partial charge is 0.267 e. The highest BCUT2D eigenvalue weighted by molar-refractivity contribution is 7.21. The molecule has 4 heterocycles. The number of carbonyl (C=O) groups excluding carboxylic acids is 2. The van der Waals surface area contributed by atoms with Gasteiger partial charge in [0.05, 0.1) is 18.5 Å². The van der Waals surface area contributed by atoms with Crippen LogP contribution in [0.3, 0.4) is 0 Å². The quantitative estimate of drug-likeness (QED) is 0.777. The van der Waals surface area contributed by atoms with E-state index in [0.717, 1.165) is 21.5 Å². The van der Waals surface area contributed by atoms with Crippen LogP contribution in [0.5, 0.6) is 0 Å². The fourth-order valence-corrected chi connectivity index (χ4v) is 4.22. The molecular weight excluding hydrogens is 326 g/mol. The fraction of sp³-hybridized carbons (Fsp3) is 0.235. The summed E-state index contributed by atoms with van der Waals surface area (Å²) in [7, 11) is 0. The largest absolute Gasteiger partial charge is 0.467 e. The highest BCUT2D eigenvalue weighted by atomic mass is 32.1. The van der Waals surface area contributed by atoms with Gasteiger partial charge in [-0.25, -0.2) is 4.98 Å². The Morgan fingerprint density at radius 3 is 2.96 bits per heavy atom. The summed E-state index contributed by atoms with van der Waals surface area (Å²) in [6.07, 6.45) is 1.55. The first-order valence-electron chi connectivity index (χ1n) is 7.55. The zero-order valence-electron chi connectivity index (χ0n) is 13.3. The molecule has 0 saturated carbocycles. The van der Waals surface area contributed by atoms with E-state index in [1.54, 1.807) is 18.4 Å². The van der Waals surface area contributed by atoms with Crippen LogP contribution in [0.15, 0.2) is 28.9 Å². The fourth-order valence-electron chi connectivity index (χ4n) is 3.00. The Hall–Kier alpha value is -2.67. The molecule has 6 nitrogen and oxygen atoms in total. The molecule has 0 radical (unpaired) electrons. The molecular formula is C17H15N3O3S. The number of nitrogens with zero attached hydrogens (tertiary/aromatic N) is 2. The minimum Gasteiger partial charge on any atom is -0.467 e. The van der Waals surface area contributed by atoms with Crippen LogP contribution in [0.25, 0.3) is 10.2 Å². The van der Waals surface area contributed by atoms with Crippen molar-refractivity contribution in [2.75, 3.05) is 11.9 Å². The van der Waals surface area contributed by atoms with Crippen molar-refractivity contribution in [1.82, 2.24) is 9.88 Å². The summed E-state index contributed by atoms with van der Waals surface area (Å²) in [5, 5.41) is 3.73. The first-order valence-corrected chi connectivity index (χ1v) is 8.37. The zero-order chi connectivity index (χ0) is 16.8. The molecule has 3 aromatic heterocycles. The van der Waals surface area contributed by atoms with Gasteiger partial charge in [-0.1, -0.05) is 0 Å². The van der Waals surface area contributed by atoms with Crippen molar-refractivity contribution in [3.05, 3.63) is 46.4 Å². The van der Waals surface area contributed by atoms with Crippen LogP contribution in [0, 0.1) is 13.8 Å². The van der Waals surface area contributed by atoms with E-state index in [4.69, 9.17) is 4.42 Å². The molecule has 2 amide bonds. The van der Waals surface area contributed by atoms with Crippen LogP contribution >= 0.6 is 11.3 Å². The van der Waals surface area contributed by atoms with Crippen LogP contribution < -0.4 is 5.32 Å². The molecule has 0 bridgehead atoms. The summed E-state index contributed by atoms with van der Waals surface area (Å²) in [5.41, 5.74) is 2.47. The van der Waals surface area contributed by atoms with Gasteiger partial charge in [-0.3, -0.25) is 9.59 Å². The highest BCUT2D eigenvalue weighted by Crippen LogP contribution is 2.39. The number of fused-ring (bicyclic) bond motifs is 3. The van der Waals surface area contributed by atoms with Crippen molar-refractivity contribution in [2.24, 2.45) is 0 Å². The van der Waals surface area contributed by atoms with E-state index in [0.29, 0.717) is 16.3 Å². The summed E-state index contributed by atoms with van der Waals surface area (Å²) in [5.74, 6) is 0.249. The number of hydrogen-bond donors (Lipinski definition) is 1. The van der Waals surface area contributed by atoms with Crippen LogP contribution in [0.4, 0.5) is 5.69 Å². The Labute approximate surface area is 142 Å². The molecule has 0 aliphatic carbocycles. The van der Waals surface area contributed by atoms with E-state index in [2.05, 4.69) is 10.3 Å². The Balaban J connectivity index is 1.83. The predicted octanol–water partition coefficient (Wildman–Crippen LogP) is 3.10. The molecule has 3 aromatic rings. The van der Waals surface area contributed by atoms with Crippen molar-refractivity contribution < 1.29 is 14.0 Å². The number of rotatable bonds is 2. The number of amides is 2. The van der Waals surface area contributed by atoms with Crippen LogP contribution in [0.1, 0.15) is 26.7 Å². The number of hydrogen-bond acceptors (Lipinski definition) is 5. The van der Waals surface area contributed by atoms with Gasteiger partial charge in [-0.05, 0) is 37.6 Å². The standard InChI is InChI=1S/C17H15N3O3S/c1-9-6-10(2)18-16-13(9)14-15(24-16)17(22)20(8-12(21)19-14)7-11-4-3-5-23-11/h3-6H,7-8H2,1-2H3,(H,19,21). The van der Waals surface area contributed by atoms with Gasteiger partial charge in [0.1, 0.15) is 22.0 Å². The predicted molar refractivity (Wildman–Crippen MR) is 91.2 cm³/mol. The van der Waals surface area contributed by atoms with Crippen LogP contribution in [-0.4, -0.2) is 28.2 Å². The molecule has 0 spiro atoms. The number of aromatic nitrogens is 1. The van der Waals surface area contributed by atoms with Gasteiger partial charge in [0.2, 0.25) is 5.91 Å². The van der Waals surface area contributed by atoms with Crippen molar-refractivity contribution in [3.8, 4) is 0 Å². The van der Waals surface area contributed by atoms with Crippen molar-refractivity contribution in [2.45, 2.75) is 20.4 Å². The number of nitrogens with one attached hydrogen (secondary N) is 1. The lowest BCUT2D eigenvalue weighted by atomic mass is 10.1. The highest BCUT2D eigenvalue weighted by Gasteiger charge is 2.31. The third kappa shape index (κ3) is 2.37. The van der Waals surface area contributed by atoms with Gasteiger partial charge in [0, 0.05) is 11.1 Å². The van der Waals surface area contributed by atoms with Gasteiger partial charge >= 0.3 is 0 Å². The summed E-state index contributed by atoms with van der Waals surface area (Å²) in [6.45, 7) is 4.15. The normalized spacial score (nSPS) is 14.7. The zero-order valence-corrected chi connectivity index (χ0v) is 14.1. The molecule has 1 aliphatic heterocycles. The van der Waals surface area contributed by atoms with E-state index in [1.165, 1.54) is 16.2 Å². The first kappa shape index (κ1) is 14.9. The van der Waals surface area contributed by atoms with Crippen molar-refractivity contribution in [1.29, 1.82) is 0 Å². The number of aryl methyl sites for hydroxylation is 2. The number of furan rings is 1. The summed E-state index contributed by atoms with van der Waals surface area (Å²) >= 11 is 1.32. The molecule has 0 aromatic carbocycles. The van der Waals surface area contributed by atoms with E-state index in [9.17, 15) is 9.59 Å². The first-order chi connectivity index (χ1) is 11.5. The van der Waals surface area contributed by atoms with Crippen molar-refractivity contribution in [3.63, 3.8) is 0 Å². The number of anilines is 1. The topological polar surface area (TPSA) is 75.4 Å². The molecule has 4 rings (SSSR count). The van der Waals surface area contributed by atoms with E-state index in [-0.39, 0.29) is 24.9 Å². The molecule has 7 heteroatoms. The molecule has 1 aliphatic rings. The van der Waals surface area contributed by atoms with Gasteiger partial charge in [0.15, 0.2) is 0 Å². The lowest BCUT2D eigenvalue weighted by Gasteiger charge is -2.17. The van der Waals surface area contributed by atoms with E-state index < -0.39 is 0 Å². The third-order valence-electron chi connectivity index (χ3n) is 3.99. The lowest BCUT2D eigenvalue weighted by molar-refractivity contribution is -0.116. The van der Waals surface area contributed by atoms with Gasteiger partial charge < -0.3 is 14.6 Å². The van der Waals surface area contributed by atoms with Crippen LogP contribution in [0.2, 0.25) is 0 Å². The Bertz CT molecular complexity index is 959. The molecule has 0 atom stereocenters. The summed E-state index contributed by atoms with van der Waals surface area (Å²) < 4.78 is 5.31. The monoisotopic (exact) mass is 341 g/mol. The molecule has 0 unspecified atom stereocenters. The van der Waals surface area contributed by atoms with Gasteiger partial charge in [-0.2, -0.15) is 0 Å². The average Bonchev–Trinajstić information content (AvgIpc) is 3.11. The maximum atomic E-state index is 12.9. The second-order valence-electron chi connectivity index (χ2n) is 5.86. The maximum Gasteiger partial charge on any atom is 0.267 e. The Morgan fingerprint density at radius 1 is 1.38 bits per heavy atom. The second-order valence-corrected chi connectivity index (χ2v) is 6.85. The molecule has 24 heavy (non-hydrogen) atoms. The van der Waals surface area contributed by atoms with Crippen LogP contribution in [-0.2, 0) is 11.3 Å². The van der Waals surface area contributed by atoms with Gasteiger partial charge in [0.25, 0.3) is 5.91 Å².